The van der Waals surface area contributed by atoms with Gasteiger partial charge in [-0.1, -0.05) is 13.3 Å². The zero-order valence-corrected chi connectivity index (χ0v) is 18.6. The minimum Gasteiger partial charge on any atom is -0.453 e. The molecule has 1 aromatic heterocycles. The second kappa shape index (κ2) is 13.4. The van der Waals surface area contributed by atoms with E-state index in [1.807, 2.05) is 19.2 Å². The highest BCUT2D eigenvalue weighted by Gasteiger charge is 2.15. The van der Waals surface area contributed by atoms with E-state index in [0.717, 1.165) is 22.6 Å². The largest absolute Gasteiger partial charge is 0.453 e. The van der Waals surface area contributed by atoms with Crippen molar-refractivity contribution in [1.82, 2.24) is 15.5 Å². The Bertz CT molecular complexity index is 911. The number of guanidine groups is 2. The maximum atomic E-state index is 11.7. The lowest BCUT2D eigenvalue weighted by Gasteiger charge is -2.15. The van der Waals surface area contributed by atoms with Crippen LogP contribution in [0.4, 0.5) is 15.5 Å². The second-order valence-corrected chi connectivity index (χ2v) is 7.03. The maximum absolute atomic E-state index is 11.7. The zero-order valence-electron chi connectivity index (χ0n) is 17.8. The number of amides is 2. The second-order valence-electron chi connectivity index (χ2n) is 5.89. The Labute approximate surface area is 184 Å². The highest BCUT2D eigenvalue weighted by Crippen LogP contribution is 2.33. The molecule has 4 N–H and O–H groups in total. The maximum Gasteiger partial charge on any atom is 0.413 e. The molecule has 0 fully saturated rings. The van der Waals surface area contributed by atoms with E-state index < -0.39 is 6.09 Å². The number of nitriles is 2. The number of carbonyl (C=O) groups excluding carboxylic acids is 2. The normalized spacial score (nSPS) is 11.0. The molecule has 0 bridgehead atoms. The van der Waals surface area contributed by atoms with Crippen molar-refractivity contribution in [2.24, 2.45) is 9.98 Å². The van der Waals surface area contributed by atoms with Crippen molar-refractivity contribution in [1.29, 1.82) is 10.5 Å². The summed E-state index contributed by atoms with van der Waals surface area (Å²) in [4.78, 5) is 33.6. The summed E-state index contributed by atoms with van der Waals surface area (Å²) in [5, 5.41) is 29.1. The number of anilines is 2. The molecule has 1 heterocycles. The van der Waals surface area contributed by atoms with Gasteiger partial charge in [0.05, 0.1) is 25.9 Å². The Morgan fingerprint density at radius 2 is 2.06 bits per heavy atom. The molecule has 0 saturated carbocycles. The van der Waals surface area contributed by atoms with E-state index in [4.69, 9.17) is 5.26 Å². The Morgan fingerprint density at radius 3 is 2.61 bits per heavy atom. The average Bonchev–Trinajstić information content (AvgIpc) is 3.09. The number of alkyl carbamates (subject to hydrolysis) is 1. The highest BCUT2D eigenvalue weighted by atomic mass is 32.1. The predicted molar refractivity (Wildman–Crippen MR) is 119 cm³/mol. The third-order valence-corrected chi connectivity index (χ3v) is 4.69. The minimum absolute atomic E-state index is 0.0698. The summed E-state index contributed by atoms with van der Waals surface area (Å²) in [6.45, 7) is 3.62. The number of nitrogens with zero attached hydrogens (tertiary/aromatic N) is 5. The van der Waals surface area contributed by atoms with Crippen LogP contribution in [0.15, 0.2) is 16.1 Å². The number of hydrogen-bond acceptors (Lipinski definition) is 8. The number of ether oxygens (including phenoxy) is 1. The average molecular weight is 448 g/mol. The van der Waals surface area contributed by atoms with Crippen LogP contribution in [-0.2, 0) is 16.0 Å². The number of carbonyl (C=O) groups is 2. The summed E-state index contributed by atoms with van der Waals surface area (Å²) in [6, 6.07) is 1.87. The molecule has 0 spiro atoms. The Morgan fingerprint density at radius 1 is 1.32 bits per heavy atom. The molecule has 166 valence electrons. The number of aryl methyl sites for hydroxylation is 1. The van der Waals surface area contributed by atoms with E-state index in [-0.39, 0.29) is 30.9 Å². The summed E-state index contributed by atoms with van der Waals surface area (Å²) in [6.07, 6.45) is 4.63. The molecule has 0 saturated heterocycles. The van der Waals surface area contributed by atoms with Crippen molar-refractivity contribution < 1.29 is 14.3 Å². The third-order valence-electron chi connectivity index (χ3n) is 3.58. The molecule has 12 nitrogen and oxygen atoms in total. The van der Waals surface area contributed by atoms with Crippen LogP contribution in [-0.4, -0.2) is 56.1 Å². The quantitative estimate of drug-likeness (QED) is 0.212. The molecule has 0 aliphatic carbocycles. The van der Waals surface area contributed by atoms with Crippen LogP contribution >= 0.6 is 11.3 Å². The van der Waals surface area contributed by atoms with E-state index in [2.05, 4.69) is 36.0 Å². The van der Waals surface area contributed by atoms with Crippen LogP contribution < -0.4 is 21.3 Å². The van der Waals surface area contributed by atoms with Crippen LogP contribution in [0.5, 0.6) is 0 Å². The lowest BCUT2D eigenvalue weighted by Crippen LogP contribution is -2.39. The highest BCUT2D eigenvalue weighted by molar-refractivity contribution is 7.17. The number of aliphatic imine (C=N–C) groups is 2. The van der Waals surface area contributed by atoms with Crippen molar-refractivity contribution in [3.05, 3.63) is 10.9 Å². The third kappa shape index (κ3) is 8.59. The fraction of sp³-hybridized carbons (Fsp3) is 0.444. The van der Waals surface area contributed by atoms with Gasteiger partial charge in [0.1, 0.15) is 5.00 Å². The van der Waals surface area contributed by atoms with Gasteiger partial charge in [-0.2, -0.15) is 10.5 Å². The number of thiophene rings is 1. The molecule has 1 aromatic rings. The first-order valence-electron chi connectivity index (χ1n) is 9.24. The smallest absolute Gasteiger partial charge is 0.413 e. The van der Waals surface area contributed by atoms with Gasteiger partial charge >= 0.3 is 6.09 Å². The van der Waals surface area contributed by atoms with Gasteiger partial charge in [-0.05, 0) is 12.5 Å². The van der Waals surface area contributed by atoms with Crippen molar-refractivity contribution in [3.63, 3.8) is 0 Å². The fourth-order valence-electron chi connectivity index (χ4n) is 2.30. The van der Waals surface area contributed by atoms with Gasteiger partial charge in [0, 0.05) is 18.8 Å². The van der Waals surface area contributed by atoms with Gasteiger partial charge in [0.25, 0.3) is 0 Å². The van der Waals surface area contributed by atoms with E-state index in [9.17, 15) is 14.9 Å². The lowest BCUT2D eigenvalue weighted by atomic mass is 10.3. The van der Waals surface area contributed by atoms with Crippen molar-refractivity contribution in [2.75, 3.05) is 37.9 Å². The minimum atomic E-state index is -0.740. The molecule has 0 unspecified atom stereocenters. The van der Waals surface area contributed by atoms with Crippen LogP contribution in [0.25, 0.3) is 0 Å². The van der Waals surface area contributed by atoms with Crippen LogP contribution in [0.3, 0.4) is 0 Å². The van der Waals surface area contributed by atoms with Gasteiger partial charge in [-0.3, -0.25) is 25.4 Å². The molecular weight excluding hydrogens is 422 g/mol. The number of nitrogens with one attached hydrogen (secondary N) is 4. The summed E-state index contributed by atoms with van der Waals surface area (Å²) >= 11 is 1.42. The fourth-order valence-corrected chi connectivity index (χ4v) is 3.46. The molecule has 1 rings (SSSR count). The first kappa shape index (κ1) is 25.2. The summed E-state index contributed by atoms with van der Waals surface area (Å²) in [5.74, 6) is -0.0838. The zero-order chi connectivity index (χ0) is 23.2. The molecule has 0 aliphatic rings. The Balaban J connectivity index is 3.07. The van der Waals surface area contributed by atoms with Crippen molar-refractivity contribution in [3.8, 4) is 12.4 Å². The predicted octanol–water partition coefficient (Wildman–Crippen LogP) is 1.62. The molecule has 2 amide bonds. The van der Waals surface area contributed by atoms with E-state index >= 15 is 0 Å². The van der Waals surface area contributed by atoms with E-state index in [0.29, 0.717) is 10.7 Å². The Kier molecular flexibility index (Phi) is 10.9. The SMILES string of the molecule is CCCc1cc(NC(=NCCN(C#N)C(=NC)NC#N)NC(=O)OC)c(NC(C)=O)s1. The van der Waals surface area contributed by atoms with Gasteiger partial charge in [-0.15, -0.1) is 11.3 Å². The summed E-state index contributed by atoms with van der Waals surface area (Å²) in [5.41, 5.74) is 0.567. The molecule has 13 heteroatoms. The standard InChI is InChI=1S/C18H25N9O3S/c1-5-6-13-9-14(15(31-13)24-12(2)28)25-16(26-18(29)30-4)22-7-8-27(11-20)17(21-3)23-10-19/h9H,5-8H2,1-4H3,(H,21,23)(H,24,28)(H2,22,25,26,29). The van der Waals surface area contributed by atoms with Crippen LogP contribution in [0, 0.1) is 22.9 Å². The van der Waals surface area contributed by atoms with E-state index in [1.165, 1.54) is 32.4 Å². The molecule has 31 heavy (non-hydrogen) atoms. The van der Waals surface area contributed by atoms with Gasteiger partial charge in [0.15, 0.2) is 12.4 Å². The number of methoxy groups -OCH3 is 1. The molecule has 0 aromatic carbocycles. The summed E-state index contributed by atoms with van der Waals surface area (Å²) in [7, 11) is 2.65. The monoisotopic (exact) mass is 447 g/mol. The molecular formula is C18H25N9O3S. The van der Waals surface area contributed by atoms with Crippen molar-refractivity contribution >= 4 is 45.9 Å². The lowest BCUT2D eigenvalue weighted by molar-refractivity contribution is -0.114. The van der Waals surface area contributed by atoms with Gasteiger partial charge < -0.3 is 15.4 Å². The number of rotatable bonds is 7. The first-order valence-corrected chi connectivity index (χ1v) is 10.1. The van der Waals surface area contributed by atoms with Gasteiger partial charge in [0.2, 0.25) is 17.8 Å². The van der Waals surface area contributed by atoms with Crippen molar-refractivity contribution in [2.45, 2.75) is 26.7 Å². The molecule has 0 radical (unpaired) electrons. The topological polar surface area (TPSA) is 167 Å². The molecule has 0 atom stereocenters. The number of hydrogen-bond donors (Lipinski definition) is 4. The summed E-state index contributed by atoms with van der Waals surface area (Å²) < 4.78 is 4.63. The first-order chi connectivity index (χ1) is 14.9. The van der Waals surface area contributed by atoms with Crippen LogP contribution in [0.2, 0.25) is 0 Å². The molecule has 0 aliphatic heterocycles. The van der Waals surface area contributed by atoms with E-state index in [1.54, 1.807) is 6.19 Å². The Hall–Kier alpha value is -3.84. The van der Waals surface area contributed by atoms with Gasteiger partial charge in [-0.25, -0.2) is 9.69 Å². The van der Waals surface area contributed by atoms with Crippen LogP contribution in [0.1, 0.15) is 25.1 Å².